The van der Waals surface area contributed by atoms with Crippen molar-refractivity contribution in [2.75, 3.05) is 19.0 Å². The topological polar surface area (TPSA) is 138 Å². The Hall–Kier alpha value is -4.86. The average molecular weight is 584 g/mol. The van der Waals surface area contributed by atoms with Gasteiger partial charge < -0.3 is 25.7 Å². The van der Waals surface area contributed by atoms with Gasteiger partial charge in [-0.2, -0.15) is 0 Å². The van der Waals surface area contributed by atoms with Crippen molar-refractivity contribution in [3.05, 3.63) is 100 Å². The fraction of sp³-hybridized carbons (Fsp3) is 0.333. The molecule has 3 aromatic carbocycles. The van der Waals surface area contributed by atoms with Gasteiger partial charge in [-0.25, -0.2) is 4.79 Å². The number of aromatic nitrogens is 1. The lowest BCUT2D eigenvalue weighted by Gasteiger charge is -2.40. The van der Waals surface area contributed by atoms with Gasteiger partial charge in [0.1, 0.15) is 11.3 Å². The van der Waals surface area contributed by atoms with E-state index >= 15 is 0 Å². The van der Waals surface area contributed by atoms with Gasteiger partial charge in [0.15, 0.2) is 0 Å². The molecule has 1 fully saturated rings. The van der Waals surface area contributed by atoms with Crippen LogP contribution in [0.2, 0.25) is 0 Å². The highest BCUT2D eigenvalue weighted by Gasteiger charge is 2.40. The van der Waals surface area contributed by atoms with E-state index in [2.05, 4.69) is 27.0 Å². The van der Waals surface area contributed by atoms with Crippen LogP contribution in [0.3, 0.4) is 0 Å². The number of carbonyl (C=O) groups is 2. The lowest BCUT2D eigenvalue weighted by atomic mass is 9.69. The SMILES string of the molecule is COc1ccccc1C1(CNC(=O)[C@](C)(Cc2c[nH]c3ccccc23)NC(=O)Nc2ccc([N+](=O)[O-])cc2)CCCCC1. The van der Waals surface area contributed by atoms with Crippen LogP contribution < -0.4 is 20.7 Å². The Morgan fingerprint density at radius 1 is 1.00 bits per heavy atom. The molecule has 0 unspecified atom stereocenters. The second-order valence-electron chi connectivity index (χ2n) is 11.5. The van der Waals surface area contributed by atoms with E-state index in [0.29, 0.717) is 12.2 Å². The van der Waals surface area contributed by atoms with E-state index in [4.69, 9.17) is 4.74 Å². The first-order chi connectivity index (χ1) is 20.7. The number of anilines is 1. The summed E-state index contributed by atoms with van der Waals surface area (Å²) in [6.07, 6.45) is 7.18. The second-order valence-corrected chi connectivity index (χ2v) is 11.5. The van der Waals surface area contributed by atoms with Crippen LogP contribution in [0.4, 0.5) is 16.2 Å². The fourth-order valence-electron chi connectivity index (χ4n) is 6.22. The standard InChI is InChI=1S/C33H37N5O5/c1-32(20-23-21-34-28-12-6-4-10-26(23)28,37-31(40)36-24-14-16-25(17-15-24)38(41)42)30(39)35-22-33(18-8-3-9-19-33)27-11-5-7-13-29(27)43-2/h4-7,10-17,21,34H,3,8-9,18-20,22H2,1-2H3,(H,35,39)(H2,36,37,40)/t32-/m0/s1. The second kappa shape index (κ2) is 12.6. The van der Waals surface area contributed by atoms with Crippen molar-refractivity contribution < 1.29 is 19.2 Å². The first kappa shape index (κ1) is 29.6. The molecule has 0 saturated heterocycles. The zero-order chi connectivity index (χ0) is 30.5. The normalized spacial score (nSPS) is 15.7. The molecule has 4 N–H and O–H groups in total. The molecule has 3 amide bonds. The Labute approximate surface area is 250 Å². The van der Waals surface area contributed by atoms with Crippen LogP contribution in [-0.2, 0) is 16.6 Å². The largest absolute Gasteiger partial charge is 0.496 e. The first-order valence-corrected chi connectivity index (χ1v) is 14.5. The Balaban J connectivity index is 1.40. The number of non-ortho nitro benzene ring substituents is 1. The number of nitro groups is 1. The van der Waals surface area contributed by atoms with Crippen molar-refractivity contribution in [1.82, 2.24) is 15.6 Å². The number of hydrogen-bond donors (Lipinski definition) is 4. The number of nitrogens with zero attached hydrogens (tertiary/aromatic N) is 1. The number of hydrogen-bond acceptors (Lipinski definition) is 5. The van der Waals surface area contributed by atoms with Gasteiger partial charge in [0.05, 0.1) is 12.0 Å². The van der Waals surface area contributed by atoms with Gasteiger partial charge in [-0.3, -0.25) is 14.9 Å². The molecule has 1 aromatic heterocycles. The van der Waals surface area contributed by atoms with E-state index in [1.165, 1.54) is 24.3 Å². The number of fused-ring (bicyclic) bond motifs is 1. The van der Waals surface area contributed by atoms with Gasteiger partial charge in [0, 0.05) is 58.9 Å². The number of nitrogens with one attached hydrogen (secondary N) is 4. The minimum absolute atomic E-state index is 0.0822. The summed E-state index contributed by atoms with van der Waals surface area (Å²) in [6.45, 7) is 2.12. The molecule has 1 atom stereocenters. The summed E-state index contributed by atoms with van der Waals surface area (Å²) in [7, 11) is 1.67. The van der Waals surface area contributed by atoms with E-state index in [1.807, 2.05) is 48.7 Å². The maximum Gasteiger partial charge on any atom is 0.320 e. The van der Waals surface area contributed by atoms with Crippen molar-refractivity contribution in [3.63, 3.8) is 0 Å². The number of ether oxygens (including phenoxy) is 1. The lowest BCUT2D eigenvalue weighted by molar-refractivity contribution is -0.384. The summed E-state index contributed by atoms with van der Waals surface area (Å²) in [5.41, 5.74) is 1.58. The van der Waals surface area contributed by atoms with E-state index < -0.39 is 16.5 Å². The highest BCUT2D eigenvalue weighted by molar-refractivity contribution is 5.96. The summed E-state index contributed by atoms with van der Waals surface area (Å²) in [5, 5.41) is 20.8. The quantitative estimate of drug-likeness (QED) is 0.130. The van der Waals surface area contributed by atoms with Crippen LogP contribution in [0, 0.1) is 10.1 Å². The van der Waals surface area contributed by atoms with Crippen molar-refractivity contribution >= 4 is 34.2 Å². The average Bonchev–Trinajstić information content (AvgIpc) is 3.42. The number of aromatic amines is 1. The zero-order valence-corrected chi connectivity index (χ0v) is 24.4. The molecule has 0 radical (unpaired) electrons. The third-order valence-corrected chi connectivity index (χ3v) is 8.52. The first-order valence-electron chi connectivity index (χ1n) is 14.5. The molecule has 43 heavy (non-hydrogen) atoms. The Morgan fingerprint density at radius 3 is 2.42 bits per heavy atom. The molecule has 224 valence electrons. The molecule has 10 heteroatoms. The summed E-state index contributed by atoms with van der Waals surface area (Å²) >= 11 is 0. The molecule has 0 spiro atoms. The summed E-state index contributed by atoms with van der Waals surface area (Å²) < 4.78 is 5.72. The number of methoxy groups -OCH3 is 1. The molecular formula is C33H37N5O5. The lowest BCUT2D eigenvalue weighted by Crippen LogP contribution is -2.60. The third kappa shape index (κ3) is 6.48. The minimum atomic E-state index is -1.33. The molecule has 0 bridgehead atoms. The van der Waals surface area contributed by atoms with Gasteiger partial charge in [0.2, 0.25) is 5.91 Å². The molecule has 1 aliphatic rings. The highest BCUT2D eigenvalue weighted by atomic mass is 16.6. The summed E-state index contributed by atoms with van der Waals surface area (Å²) in [5.74, 6) is 0.497. The number of carbonyl (C=O) groups excluding carboxylic acids is 2. The molecule has 0 aliphatic heterocycles. The number of rotatable bonds is 10. The Morgan fingerprint density at radius 2 is 1.70 bits per heavy atom. The molecule has 4 aromatic rings. The maximum absolute atomic E-state index is 14.1. The summed E-state index contributed by atoms with van der Waals surface area (Å²) in [4.78, 5) is 41.2. The van der Waals surface area contributed by atoms with Crippen LogP contribution in [0.15, 0.2) is 79.0 Å². The predicted octanol–water partition coefficient (Wildman–Crippen LogP) is 6.23. The zero-order valence-electron chi connectivity index (χ0n) is 24.4. The number of para-hydroxylation sites is 2. The smallest absolute Gasteiger partial charge is 0.320 e. The summed E-state index contributed by atoms with van der Waals surface area (Å²) in [6, 6.07) is 20.7. The number of amides is 3. The van der Waals surface area contributed by atoms with Crippen LogP contribution in [-0.4, -0.2) is 41.0 Å². The molecule has 10 nitrogen and oxygen atoms in total. The number of nitro benzene ring substituents is 1. The van der Waals surface area contributed by atoms with E-state index in [9.17, 15) is 19.7 Å². The van der Waals surface area contributed by atoms with E-state index in [0.717, 1.165) is 59.9 Å². The van der Waals surface area contributed by atoms with Gasteiger partial charge >= 0.3 is 6.03 Å². The van der Waals surface area contributed by atoms with Gasteiger partial charge in [-0.15, -0.1) is 0 Å². The predicted molar refractivity (Wildman–Crippen MR) is 166 cm³/mol. The van der Waals surface area contributed by atoms with Crippen molar-refractivity contribution in [2.24, 2.45) is 0 Å². The minimum Gasteiger partial charge on any atom is -0.496 e. The van der Waals surface area contributed by atoms with E-state index in [1.54, 1.807) is 14.0 Å². The molecule has 5 rings (SSSR count). The van der Waals surface area contributed by atoms with Crippen molar-refractivity contribution in [3.8, 4) is 5.75 Å². The van der Waals surface area contributed by atoms with Crippen LogP contribution >= 0.6 is 0 Å². The number of urea groups is 1. The van der Waals surface area contributed by atoms with Crippen molar-refractivity contribution in [1.29, 1.82) is 0 Å². The van der Waals surface area contributed by atoms with Gasteiger partial charge in [0.25, 0.3) is 5.69 Å². The molecule has 1 aliphatic carbocycles. The van der Waals surface area contributed by atoms with Gasteiger partial charge in [-0.1, -0.05) is 55.7 Å². The van der Waals surface area contributed by atoms with Crippen LogP contribution in [0.5, 0.6) is 5.75 Å². The number of benzene rings is 3. The monoisotopic (exact) mass is 583 g/mol. The van der Waals surface area contributed by atoms with Crippen LogP contribution in [0.25, 0.3) is 10.9 Å². The Bertz CT molecular complexity index is 1610. The molecular weight excluding hydrogens is 546 g/mol. The van der Waals surface area contributed by atoms with E-state index in [-0.39, 0.29) is 23.4 Å². The number of H-pyrrole nitrogens is 1. The highest BCUT2D eigenvalue weighted by Crippen LogP contribution is 2.43. The molecule has 1 heterocycles. The van der Waals surface area contributed by atoms with Gasteiger partial charge in [-0.05, 0) is 49.6 Å². The fourth-order valence-corrected chi connectivity index (χ4v) is 6.22. The van der Waals surface area contributed by atoms with Crippen molar-refractivity contribution in [2.45, 2.75) is 56.4 Å². The van der Waals surface area contributed by atoms with Crippen LogP contribution in [0.1, 0.15) is 50.2 Å². The Kier molecular flexibility index (Phi) is 8.66. The molecule has 1 saturated carbocycles. The third-order valence-electron chi connectivity index (χ3n) is 8.52. The maximum atomic E-state index is 14.1.